The van der Waals surface area contributed by atoms with Gasteiger partial charge in [-0.25, -0.2) is 9.98 Å². The van der Waals surface area contributed by atoms with Crippen molar-refractivity contribution in [2.75, 3.05) is 0 Å². The Hall–Kier alpha value is -3.21. The van der Waals surface area contributed by atoms with E-state index in [1.807, 2.05) is 54.0 Å². The number of hydrogen-bond donors (Lipinski definition) is 1. The highest BCUT2D eigenvalue weighted by molar-refractivity contribution is 6.08. The van der Waals surface area contributed by atoms with Gasteiger partial charge >= 0.3 is 0 Å². The van der Waals surface area contributed by atoms with Gasteiger partial charge in [0.15, 0.2) is 5.84 Å². The first-order valence-corrected chi connectivity index (χ1v) is 9.69. The van der Waals surface area contributed by atoms with Crippen molar-refractivity contribution < 1.29 is 0 Å². The summed E-state index contributed by atoms with van der Waals surface area (Å²) in [6.45, 7) is 4.40. The third-order valence-electron chi connectivity index (χ3n) is 5.01. The van der Waals surface area contributed by atoms with Crippen LogP contribution in [0.2, 0.25) is 0 Å². The fourth-order valence-electron chi connectivity index (χ4n) is 3.55. The lowest BCUT2D eigenvalue weighted by atomic mass is 10.0. The van der Waals surface area contributed by atoms with Crippen LogP contribution in [0.3, 0.4) is 0 Å². The van der Waals surface area contributed by atoms with Gasteiger partial charge in [-0.1, -0.05) is 18.2 Å². The zero-order valence-corrected chi connectivity index (χ0v) is 16.2. The smallest absolute Gasteiger partial charge is 0.251 e. The molecule has 1 aromatic heterocycles. The summed E-state index contributed by atoms with van der Waals surface area (Å²) < 4.78 is 1.82. The van der Waals surface area contributed by atoms with Gasteiger partial charge in [0.25, 0.3) is 5.56 Å². The van der Waals surface area contributed by atoms with Crippen LogP contribution < -0.4 is 11.3 Å². The minimum absolute atomic E-state index is 0.0682. The minimum atomic E-state index is 0.0682. The highest BCUT2D eigenvalue weighted by Crippen LogP contribution is 2.42. The predicted molar refractivity (Wildman–Crippen MR) is 116 cm³/mol. The van der Waals surface area contributed by atoms with Crippen molar-refractivity contribution >= 4 is 28.3 Å². The molecule has 0 atom stereocenters. The standard InChI is InChI=1S/C23H24N4O/c1-3-27-21-12-11-17(13-20(21)19(14-22(27)28)16-9-10-16)23(25-15(2)24)26-18-7-5-4-6-8-18/h4-8,11-14,16H,3,9-10H2,1-2H3,(H2,24,25,26). The first-order chi connectivity index (χ1) is 13.6. The van der Waals surface area contributed by atoms with E-state index in [1.165, 1.54) is 0 Å². The lowest BCUT2D eigenvalue weighted by Gasteiger charge is -2.13. The maximum atomic E-state index is 12.5. The van der Waals surface area contributed by atoms with Crippen LogP contribution in [0.1, 0.15) is 43.7 Å². The molecule has 2 aromatic carbocycles. The number of rotatable bonds is 4. The molecule has 1 heterocycles. The Labute approximate surface area is 164 Å². The summed E-state index contributed by atoms with van der Waals surface area (Å²) in [7, 11) is 0. The van der Waals surface area contributed by atoms with Crippen molar-refractivity contribution in [2.45, 2.75) is 39.2 Å². The van der Waals surface area contributed by atoms with Gasteiger partial charge < -0.3 is 10.3 Å². The van der Waals surface area contributed by atoms with Crippen molar-refractivity contribution in [2.24, 2.45) is 15.7 Å². The summed E-state index contributed by atoms with van der Waals surface area (Å²) in [6, 6.07) is 17.6. The molecule has 1 saturated carbocycles. The number of aryl methyl sites for hydroxylation is 1. The Morgan fingerprint density at radius 1 is 1.14 bits per heavy atom. The molecule has 4 rings (SSSR count). The number of pyridine rings is 1. The van der Waals surface area contributed by atoms with Crippen LogP contribution in [0.15, 0.2) is 69.4 Å². The Bertz CT molecular complexity index is 1130. The molecular weight excluding hydrogens is 348 g/mol. The molecule has 2 N–H and O–H groups in total. The quantitative estimate of drug-likeness (QED) is 0.546. The maximum Gasteiger partial charge on any atom is 0.251 e. The first-order valence-electron chi connectivity index (χ1n) is 9.69. The van der Waals surface area contributed by atoms with Gasteiger partial charge in [-0.2, -0.15) is 0 Å². The van der Waals surface area contributed by atoms with Crippen molar-refractivity contribution in [3.05, 3.63) is 76.1 Å². The number of benzene rings is 2. The molecule has 0 bridgehead atoms. The molecule has 0 aliphatic heterocycles. The summed E-state index contributed by atoms with van der Waals surface area (Å²) >= 11 is 0. The van der Waals surface area contributed by atoms with E-state index in [2.05, 4.69) is 11.1 Å². The summed E-state index contributed by atoms with van der Waals surface area (Å²) in [5.41, 5.74) is 9.76. The van der Waals surface area contributed by atoms with Gasteiger partial charge in [-0.05, 0) is 68.5 Å². The van der Waals surface area contributed by atoms with E-state index in [0.29, 0.717) is 24.1 Å². The number of aromatic nitrogens is 1. The van der Waals surface area contributed by atoms with Crippen LogP contribution in [-0.4, -0.2) is 16.2 Å². The molecule has 0 unspecified atom stereocenters. The number of amidine groups is 2. The molecule has 0 amide bonds. The lowest BCUT2D eigenvalue weighted by Crippen LogP contribution is -2.20. The molecule has 1 aliphatic carbocycles. The number of fused-ring (bicyclic) bond motifs is 1. The largest absolute Gasteiger partial charge is 0.387 e. The number of aliphatic imine (C=N–C) groups is 2. The van der Waals surface area contributed by atoms with Gasteiger partial charge in [0, 0.05) is 23.6 Å². The highest BCUT2D eigenvalue weighted by Gasteiger charge is 2.27. The van der Waals surface area contributed by atoms with Crippen LogP contribution >= 0.6 is 0 Å². The van der Waals surface area contributed by atoms with Gasteiger partial charge in [-0.3, -0.25) is 4.79 Å². The van der Waals surface area contributed by atoms with Crippen molar-refractivity contribution in [3.8, 4) is 0 Å². The van der Waals surface area contributed by atoms with Crippen LogP contribution in [0.5, 0.6) is 0 Å². The Balaban J connectivity index is 1.93. The molecule has 0 radical (unpaired) electrons. The highest BCUT2D eigenvalue weighted by atomic mass is 16.1. The van der Waals surface area contributed by atoms with E-state index in [9.17, 15) is 4.79 Å². The van der Waals surface area contributed by atoms with E-state index in [1.54, 1.807) is 13.0 Å². The second-order valence-electron chi connectivity index (χ2n) is 7.21. The molecule has 1 aliphatic rings. The molecule has 3 aromatic rings. The minimum Gasteiger partial charge on any atom is -0.387 e. The summed E-state index contributed by atoms with van der Waals surface area (Å²) in [5.74, 6) is 1.51. The molecule has 142 valence electrons. The number of para-hydroxylation sites is 1. The Morgan fingerprint density at radius 2 is 1.89 bits per heavy atom. The van der Waals surface area contributed by atoms with Crippen molar-refractivity contribution in [3.63, 3.8) is 0 Å². The summed E-state index contributed by atoms with van der Waals surface area (Å²) in [4.78, 5) is 21.7. The van der Waals surface area contributed by atoms with Gasteiger partial charge in [-0.15, -0.1) is 0 Å². The third-order valence-corrected chi connectivity index (χ3v) is 5.01. The average Bonchev–Trinajstić information content (AvgIpc) is 3.52. The fourth-order valence-corrected chi connectivity index (χ4v) is 3.55. The van der Waals surface area contributed by atoms with E-state index >= 15 is 0 Å². The predicted octanol–water partition coefficient (Wildman–Crippen LogP) is 4.35. The van der Waals surface area contributed by atoms with E-state index in [4.69, 9.17) is 10.7 Å². The topological polar surface area (TPSA) is 72.7 Å². The van der Waals surface area contributed by atoms with Crippen LogP contribution in [0, 0.1) is 0 Å². The third kappa shape index (κ3) is 3.60. The zero-order chi connectivity index (χ0) is 19.7. The maximum absolute atomic E-state index is 12.5. The van der Waals surface area contributed by atoms with E-state index < -0.39 is 0 Å². The monoisotopic (exact) mass is 372 g/mol. The average molecular weight is 372 g/mol. The number of nitrogens with two attached hydrogens (primary N) is 1. The van der Waals surface area contributed by atoms with Crippen molar-refractivity contribution in [1.29, 1.82) is 0 Å². The van der Waals surface area contributed by atoms with Crippen LogP contribution in [-0.2, 0) is 6.54 Å². The Morgan fingerprint density at radius 3 is 2.54 bits per heavy atom. The normalized spacial score (nSPS) is 15.2. The van der Waals surface area contributed by atoms with Gasteiger partial charge in [0.05, 0.1) is 17.0 Å². The SMILES string of the molecule is CCn1c(=O)cc(C2CC2)c2cc(C(N=C(C)N)=Nc3ccccc3)ccc21. The van der Waals surface area contributed by atoms with Gasteiger partial charge in [0.2, 0.25) is 0 Å². The fraction of sp³-hybridized carbons (Fsp3) is 0.261. The molecule has 5 nitrogen and oxygen atoms in total. The van der Waals surface area contributed by atoms with Crippen molar-refractivity contribution in [1.82, 2.24) is 4.57 Å². The molecule has 1 fully saturated rings. The van der Waals surface area contributed by atoms with Crippen LogP contribution in [0.4, 0.5) is 5.69 Å². The summed E-state index contributed by atoms with van der Waals surface area (Å²) in [6.07, 6.45) is 2.28. The van der Waals surface area contributed by atoms with Gasteiger partial charge in [0.1, 0.15) is 0 Å². The molecule has 0 saturated heterocycles. The van der Waals surface area contributed by atoms with Crippen LogP contribution in [0.25, 0.3) is 10.9 Å². The zero-order valence-electron chi connectivity index (χ0n) is 16.2. The molecule has 28 heavy (non-hydrogen) atoms. The number of hydrogen-bond acceptors (Lipinski definition) is 2. The lowest BCUT2D eigenvalue weighted by molar-refractivity contribution is 0.757. The second-order valence-corrected chi connectivity index (χ2v) is 7.21. The second kappa shape index (κ2) is 7.43. The van der Waals surface area contributed by atoms with E-state index in [0.717, 1.165) is 40.6 Å². The number of nitrogens with zero attached hydrogens (tertiary/aromatic N) is 3. The first kappa shape index (κ1) is 18.2. The summed E-state index contributed by atoms with van der Waals surface area (Å²) in [5, 5.41) is 1.10. The van der Waals surface area contributed by atoms with E-state index in [-0.39, 0.29) is 5.56 Å². The molecule has 5 heteroatoms. The molecule has 0 spiro atoms. The Kier molecular flexibility index (Phi) is 4.82. The molecular formula is C23H24N4O.